The van der Waals surface area contributed by atoms with E-state index in [0.29, 0.717) is 6.07 Å². The fourth-order valence-electron chi connectivity index (χ4n) is 0.744. The molecule has 0 saturated heterocycles. The summed E-state index contributed by atoms with van der Waals surface area (Å²) < 4.78 is 24.8. The number of carbonyl (C=O) groups is 1. The van der Waals surface area contributed by atoms with Gasteiger partial charge >= 0.3 is 0 Å². The number of halogens is 2. The molecule has 0 saturated carbocycles. The molecule has 0 aliphatic carbocycles. The summed E-state index contributed by atoms with van der Waals surface area (Å²) in [6.45, 7) is 0. The van der Waals surface area contributed by atoms with Crippen LogP contribution in [-0.4, -0.2) is 5.91 Å². The molecule has 0 spiro atoms. The van der Waals surface area contributed by atoms with E-state index in [0.717, 1.165) is 17.6 Å². The van der Waals surface area contributed by atoms with Crippen molar-refractivity contribution < 1.29 is 13.6 Å². The van der Waals surface area contributed by atoms with Crippen molar-refractivity contribution in [3.8, 4) is 0 Å². The molecule has 0 atom stereocenters. The van der Waals surface area contributed by atoms with Gasteiger partial charge < -0.3 is 10.7 Å². The third-order valence-corrected chi connectivity index (χ3v) is 1.22. The van der Waals surface area contributed by atoms with Gasteiger partial charge in [0.15, 0.2) is 0 Å². The highest BCUT2D eigenvalue weighted by atomic mass is 19.1. The zero-order valence-electron chi connectivity index (χ0n) is 5.80. The van der Waals surface area contributed by atoms with Crippen LogP contribution in [0.1, 0.15) is 10.4 Å². The third kappa shape index (κ3) is 1.76. The van der Waals surface area contributed by atoms with Crippen molar-refractivity contribution in [1.29, 1.82) is 0 Å². The van der Waals surface area contributed by atoms with E-state index in [2.05, 4.69) is 0 Å². The van der Waals surface area contributed by atoms with Gasteiger partial charge in [-0.3, -0.25) is 4.79 Å². The molecule has 64 valence electrons. The van der Waals surface area contributed by atoms with Gasteiger partial charge in [0.1, 0.15) is 11.6 Å². The Kier molecular flexibility index (Phi) is 2.35. The zero-order valence-corrected chi connectivity index (χ0v) is 5.80. The molecule has 1 N–H and O–H groups in total. The number of nitrogens with one attached hydrogen (secondary N) is 1. The van der Waals surface area contributed by atoms with Crippen LogP contribution in [0.25, 0.3) is 0 Å². The molecule has 0 fully saturated rings. The van der Waals surface area contributed by atoms with Crippen molar-refractivity contribution in [2.45, 2.75) is 0 Å². The molecule has 0 aromatic heterocycles. The smallest absolute Gasteiger partial charge is 0.240 e. The number of hydrogen-bond acceptors (Lipinski definition) is 2. The Morgan fingerprint density at radius 1 is 1.25 bits per heavy atom. The first-order valence-electron chi connectivity index (χ1n) is 3.02. The van der Waals surface area contributed by atoms with Gasteiger partial charge in [0.25, 0.3) is 0 Å². The normalized spacial score (nSPS) is 9.58. The fraction of sp³-hybridized carbons (Fsp3) is 0. The second kappa shape index (κ2) is 3.27. The predicted molar refractivity (Wildman–Crippen MR) is 37.2 cm³/mol. The van der Waals surface area contributed by atoms with E-state index in [1.54, 1.807) is 0 Å². The van der Waals surface area contributed by atoms with Gasteiger partial charge in [0.05, 0.1) is 0 Å². The highest BCUT2D eigenvalue weighted by Gasteiger charge is 2.04. The Morgan fingerprint density at radius 2 is 1.75 bits per heavy atom. The lowest BCUT2D eigenvalue weighted by atomic mass is 10.2. The molecule has 0 heterocycles. The molecule has 12 heavy (non-hydrogen) atoms. The summed E-state index contributed by atoms with van der Waals surface area (Å²) in [4.78, 5) is 10.6. The monoisotopic (exact) mass is 172 g/mol. The number of carbonyl (C=O) groups excluding carboxylic acids is 1. The average Bonchev–Trinajstić information content (AvgIpc) is 2.01. The largest absolute Gasteiger partial charge is 0.759 e. The fourth-order valence-corrected chi connectivity index (χ4v) is 0.744. The van der Waals surface area contributed by atoms with Crippen LogP contribution in [-0.2, 0) is 0 Å². The van der Waals surface area contributed by atoms with Crippen LogP contribution in [0.5, 0.6) is 0 Å². The summed E-state index contributed by atoms with van der Waals surface area (Å²) in [6, 6.07) is 2.16. The van der Waals surface area contributed by atoms with Crippen molar-refractivity contribution >= 4 is 5.91 Å². The second-order valence-corrected chi connectivity index (χ2v) is 2.09. The van der Waals surface area contributed by atoms with Gasteiger partial charge in [-0.2, -0.15) is 0 Å². The average molecular weight is 172 g/mol. The second-order valence-electron chi connectivity index (χ2n) is 2.09. The van der Waals surface area contributed by atoms with E-state index >= 15 is 0 Å². The molecule has 3 nitrogen and oxygen atoms in total. The van der Waals surface area contributed by atoms with Crippen LogP contribution in [0.2, 0.25) is 0 Å². The highest BCUT2D eigenvalue weighted by molar-refractivity contribution is 5.94. The van der Waals surface area contributed by atoms with Crippen LogP contribution in [0, 0.1) is 16.8 Å². The summed E-state index contributed by atoms with van der Waals surface area (Å²) in [5.74, 6) is -2.85. The van der Waals surface area contributed by atoms with Gasteiger partial charge in [0, 0.05) is 11.6 Å². The number of hydroxylamine groups is 1. The number of benzene rings is 1. The van der Waals surface area contributed by atoms with Crippen LogP contribution in [0.4, 0.5) is 8.78 Å². The van der Waals surface area contributed by atoms with Crippen LogP contribution >= 0.6 is 0 Å². The van der Waals surface area contributed by atoms with Crippen molar-refractivity contribution in [3.63, 3.8) is 0 Å². The number of rotatable bonds is 1. The maximum absolute atomic E-state index is 12.4. The third-order valence-electron chi connectivity index (χ3n) is 1.22. The van der Waals surface area contributed by atoms with E-state index in [1.807, 2.05) is 0 Å². The Labute approximate surface area is 66.6 Å². The molecule has 0 bridgehead atoms. The molecule has 1 rings (SSSR count). The first kappa shape index (κ1) is 8.61. The van der Waals surface area contributed by atoms with E-state index < -0.39 is 17.5 Å². The summed E-state index contributed by atoms with van der Waals surface area (Å²) in [5, 5.41) is 9.81. The lowest BCUT2D eigenvalue weighted by Gasteiger charge is -2.06. The number of amides is 1. The molecule has 0 aliphatic heterocycles. The summed E-state index contributed by atoms with van der Waals surface area (Å²) in [6.07, 6.45) is 0. The Morgan fingerprint density at radius 3 is 2.17 bits per heavy atom. The summed E-state index contributed by atoms with van der Waals surface area (Å²) >= 11 is 0. The Bertz CT molecular complexity index is 294. The minimum atomic E-state index is -1.06. The zero-order chi connectivity index (χ0) is 9.14. The molecule has 0 aliphatic rings. The van der Waals surface area contributed by atoms with E-state index in [1.165, 1.54) is 0 Å². The van der Waals surface area contributed by atoms with Gasteiger partial charge in [-0.05, 0) is 12.1 Å². The number of hydrogen-bond donors (Lipinski definition) is 1. The standard InChI is InChI=1S/C7H4F2NO2/c8-5-1-4(7(11)10-12)2-6(9)3-5/h1-3H,(H-,10,11,12)/q-1. The predicted octanol–water partition coefficient (Wildman–Crippen LogP) is 1.19. The summed E-state index contributed by atoms with van der Waals surface area (Å²) in [7, 11) is 0. The molecular weight excluding hydrogens is 168 g/mol. The quantitative estimate of drug-likeness (QED) is 0.647. The van der Waals surface area contributed by atoms with Gasteiger partial charge in [0.2, 0.25) is 5.91 Å². The Hall–Kier alpha value is -1.49. The molecular formula is C7H4F2NO2-. The molecule has 5 heteroatoms. The molecule has 0 radical (unpaired) electrons. The molecule has 1 amide bonds. The SMILES string of the molecule is O=C(N[O-])c1cc(F)cc(F)c1. The van der Waals surface area contributed by atoms with E-state index in [9.17, 15) is 18.8 Å². The Balaban J connectivity index is 3.08. The van der Waals surface area contributed by atoms with Gasteiger partial charge in [-0.15, -0.1) is 0 Å². The van der Waals surface area contributed by atoms with E-state index in [-0.39, 0.29) is 5.56 Å². The van der Waals surface area contributed by atoms with Crippen molar-refractivity contribution in [3.05, 3.63) is 40.6 Å². The minimum Gasteiger partial charge on any atom is -0.759 e. The molecule has 1 aromatic carbocycles. The van der Waals surface area contributed by atoms with Crippen molar-refractivity contribution in [2.75, 3.05) is 0 Å². The van der Waals surface area contributed by atoms with Crippen LogP contribution in [0.3, 0.4) is 0 Å². The lowest BCUT2D eigenvalue weighted by molar-refractivity contribution is 0.0969. The maximum atomic E-state index is 12.4. The maximum Gasteiger partial charge on any atom is 0.240 e. The van der Waals surface area contributed by atoms with Crippen LogP contribution < -0.4 is 5.48 Å². The highest BCUT2D eigenvalue weighted by Crippen LogP contribution is 2.07. The van der Waals surface area contributed by atoms with Crippen molar-refractivity contribution in [1.82, 2.24) is 5.48 Å². The van der Waals surface area contributed by atoms with Gasteiger partial charge in [-0.1, -0.05) is 0 Å². The first-order chi connectivity index (χ1) is 5.63. The first-order valence-corrected chi connectivity index (χ1v) is 3.02. The molecule has 1 aromatic rings. The van der Waals surface area contributed by atoms with Crippen LogP contribution in [0.15, 0.2) is 18.2 Å². The minimum absolute atomic E-state index is 0.331. The summed E-state index contributed by atoms with van der Waals surface area (Å²) in [5.41, 5.74) is 0.682. The topological polar surface area (TPSA) is 52.2 Å². The lowest BCUT2D eigenvalue weighted by Crippen LogP contribution is -2.16. The van der Waals surface area contributed by atoms with E-state index in [4.69, 9.17) is 0 Å². The molecule has 0 unspecified atom stereocenters. The van der Waals surface area contributed by atoms with Crippen molar-refractivity contribution in [2.24, 2.45) is 0 Å². The van der Waals surface area contributed by atoms with Gasteiger partial charge in [-0.25, -0.2) is 8.78 Å².